The van der Waals surface area contributed by atoms with Crippen molar-refractivity contribution in [3.63, 3.8) is 0 Å². The molecule has 1 N–H and O–H groups in total. The van der Waals surface area contributed by atoms with Gasteiger partial charge in [0.25, 0.3) is 0 Å². The van der Waals surface area contributed by atoms with Crippen molar-refractivity contribution >= 4 is 28.2 Å². The van der Waals surface area contributed by atoms with Gasteiger partial charge in [0.2, 0.25) is 0 Å². The van der Waals surface area contributed by atoms with Gasteiger partial charge in [0.1, 0.15) is 10.8 Å². The van der Waals surface area contributed by atoms with Crippen molar-refractivity contribution in [2.75, 3.05) is 6.26 Å². The predicted molar refractivity (Wildman–Crippen MR) is 76.0 cm³/mol. The minimum Gasteiger partial charge on any atom is -0.411 e. The molecule has 0 aromatic heterocycles. The van der Waals surface area contributed by atoms with E-state index in [1.54, 1.807) is 6.92 Å². The van der Waals surface area contributed by atoms with Gasteiger partial charge in [0.05, 0.1) is 5.69 Å². The van der Waals surface area contributed by atoms with Gasteiger partial charge in [0.15, 0.2) is 0 Å². The Morgan fingerprint density at radius 1 is 1.24 bits per heavy atom. The molecule has 3 nitrogen and oxygen atoms in total. The van der Waals surface area contributed by atoms with Gasteiger partial charge >= 0.3 is 0 Å². The molecule has 0 unspecified atom stereocenters. The number of thioether (sulfide) groups is 1. The number of nitrogens with zero attached hydrogens (tertiary/aromatic N) is 2. The Bertz CT molecular complexity index is 422. The third kappa shape index (κ3) is 3.89. The monoisotopic (exact) mass is 250 g/mol. The van der Waals surface area contributed by atoms with Crippen LogP contribution < -0.4 is 0 Å². The van der Waals surface area contributed by atoms with E-state index in [9.17, 15) is 0 Å². The number of rotatable bonds is 3. The fourth-order valence-electron chi connectivity index (χ4n) is 1.37. The highest BCUT2D eigenvalue weighted by molar-refractivity contribution is 8.15. The second-order valence-corrected chi connectivity index (χ2v) is 4.85. The SMILES string of the molecule is CSC(=Nc1ccc(C(C)C)cc1)C(C)=NO. The first-order valence-electron chi connectivity index (χ1n) is 5.50. The lowest BCUT2D eigenvalue weighted by molar-refractivity contribution is 0.320. The molecule has 0 atom stereocenters. The summed E-state index contributed by atoms with van der Waals surface area (Å²) in [7, 11) is 0. The van der Waals surface area contributed by atoms with E-state index in [1.807, 2.05) is 18.4 Å². The van der Waals surface area contributed by atoms with Crippen LogP contribution in [0, 0.1) is 0 Å². The molecule has 0 spiro atoms. The molecule has 1 rings (SSSR count). The van der Waals surface area contributed by atoms with Crippen molar-refractivity contribution in [1.29, 1.82) is 0 Å². The van der Waals surface area contributed by atoms with Gasteiger partial charge in [0, 0.05) is 0 Å². The first-order chi connectivity index (χ1) is 8.08. The van der Waals surface area contributed by atoms with Gasteiger partial charge in [-0.05, 0) is 36.8 Å². The van der Waals surface area contributed by atoms with Crippen LogP contribution in [0.1, 0.15) is 32.3 Å². The Hall–Kier alpha value is -1.29. The predicted octanol–water partition coefficient (Wildman–Crippen LogP) is 4.05. The van der Waals surface area contributed by atoms with Gasteiger partial charge in [-0.15, -0.1) is 11.8 Å². The van der Waals surface area contributed by atoms with E-state index in [1.165, 1.54) is 17.3 Å². The summed E-state index contributed by atoms with van der Waals surface area (Å²) >= 11 is 1.47. The fourth-order valence-corrected chi connectivity index (χ4v) is 1.90. The molecule has 0 radical (unpaired) electrons. The zero-order chi connectivity index (χ0) is 12.8. The zero-order valence-electron chi connectivity index (χ0n) is 10.6. The molecule has 0 fully saturated rings. The summed E-state index contributed by atoms with van der Waals surface area (Å²) in [5.41, 5.74) is 2.70. The largest absolute Gasteiger partial charge is 0.411 e. The lowest BCUT2D eigenvalue weighted by Gasteiger charge is -2.05. The van der Waals surface area contributed by atoms with Crippen molar-refractivity contribution in [3.8, 4) is 0 Å². The van der Waals surface area contributed by atoms with Gasteiger partial charge in [-0.3, -0.25) is 0 Å². The molecule has 0 saturated carbocycles. The highest BCUT2D eigenvalue weighted by atomic mass is 32.2. The minimum absolute atomic E-state index is 0.522. The molecular formula is C13H18N2OS. The van der Waals surface area contributed by atoms with Crippen molar-refractivity contribution < 1.29 is 5.21 Å². The number of hydrogen-bond acceptors (Lipinski definition) is 4. The standard InChI is InChI=1S/C13H18N2OS/c1-9(2)11-5-7-12(8-6-11)14-13(17-4)10(3)15-16/h5-9,16H,1-4H3. The van der Waals surface area contributed by atoms with E-state index >= 15 is 0 Å². The summed E-state index contributed by atoms with van der Waals surface area (Å²) in [5.74, 6) is 0.522. The van der Waals surface area contributed by atoms with Crippen LogP contribution in [0.5, 0.6) is 0 Å². The summed E-state index contributed by atoms with van der Waals surface area (Å²) in [6, 6.07) is 8.12. The Labute approximate surface area is 107 Å². The van der Waals surface area contributed by atoms with Crippen molar-refractivity contribution in [3.05, 3.63) is 29.8 Å². The van der Waals surface area contributed by atoms with Gasteiger partial charge < -0.3 is 5.21 Å². The number of hydrogen-bond donors (Lipinski definition) is 1. The zero-order valence-corrected chi connectivity index (χ0v) is 11.5. The molecule has 92 valence electrons. The Balaban J connectivity index is 2.97. The van der Waals surface area contributed by atoms with Gasteiger partial charge in [-0.25, -0.2) is 4.99 Å². The maximum absolute atomic E-state index is 8.73. The molecule has 0 aliphatic carbocycles. The summed E-state index contributed by atoms with van der Waals surface area (Å²) in [4.78, 5) is 4.44. The van der Waals surface area contributed by atoms with Crippen LogP contribution in [0.25, 0.3) is 0 Å². The third-order valence-electron chi connectivity index (χ3n) is 2.44. The van der Waals surface area contributed by atoms with E-state index in [0.29, 0.717) is 11.6 Å². The molecule has 0 saturated heterocycles. The van der Waals surface area contributed by atoms with Crippen molar-refractivity contribution in [2.24, 2.45) is 10.1 Å². The normalized spacial score (nSPS) is 13.2. The topological polar surface area (TPSA) is 45.0 Å². The smallest absolute Gasteiger partial charge is 0.121 e. The Morgan fingerprint density at radius 3 is 2.24 bits per heavy atom. The molecule has 4 heteroatoms. The van der Waals surface area contributed by atoms with Crippen molar-refractivity contribution in [1.82, 2.24) is 0 Å². The lowest BCUT2D eigenvalue weighted by Crippen LogP contribution is -2.04. The first-order valence-corrected chi connectivity index (χ1v) is 6.72. The van der Waals surface area contributed by atoms with Crippen LogP contribution in [-0.4, -0.2) is 22.2 Å². The van der Waals surface area contributed by atoms with Crippen LogP contribution in [0.15, 0.2) is 34.4 Å². The average molecular weight is 250 g/mol. The Morgan fingerprint density at radius 2 is 1.82 bits per heavy atom. The van der Waals surface area contributed by atoms with Crippen molar-refractivity contribution in [2.45, 2.75) is 26.7 Å². The van der Waals surface area contributed by atoms with Crippen LogP contribution in [0.4, 0.5) is 5.69 Å². The second-order valence-electron chi connectivity index (χ2n) is 4.05. The molecule has 0 amide bonds. The quantitative estimate of drug-likeness (QED) is 0.380. The van der Waals surface area contributed by atoms with E-state index in [-0.39, 0.29) is 0 Å². The highest BCUT2D eigenvalue weighted by Crippen LogP contribution is 2.20. The molecule has 0 aliphatic heterocycles. The molecule has 0 bridgehead atoms. The van der Waals surface area contributed by atoms with Crippen LogP contribution >= 0.6 is 11.8 Å². The maximum Gasteiger partial charge on any atom is 0.121 e. The van der Waals surface area contributed by atoms with Crippen LogP contribution in [0.2, 0.25) is 0 Å². The van der Waals surface area contributed by atoms with E-state index in [0.717, 1.165) is 10.7 Å². The van der Waals surface area contributed by atoms with Gasteiger partial charge in [-0.2, -0.15) is 0 Å². The summed E-state index contributed by atoms with van der Waals surface area (Å²) < 4.78 is 0. The highest BCUT2D eigenvalue weighted by Gasteiger charge is 2.03. The van der Waals surface area contributed by atoms with E-state index in [4.69, 9.17) is 5.21 Å². The summed E-state index contributed by atoms with van der Waals surface area (Å²) in [6.07, 6.45) is 1.91. The third-order valence-corrected chi connectivity index (χ3v) is 3.22. The van der Waals surface area contributed by atoms with E-state index < -0.39 is 0 Å². The maximum atomic E-state index is 8.73. The number of oxime groups is 1. The molecule has 17 heavy (non-hydrogen) atoms. The average Bonchev–Trinajstić information content (AvgIpc) is 2.35. The lowest BCUT2D eigenvalue weighted by atomic mass is 10.0. The first kappa shape index (κ1) is 13.8. The molecular weight excluding hydrogens is 232 g/mol. The van der Waals surface area contributed by atoms with Gasteiger partial charge in [-0.1, -0.05) is 31.1 Å². The van der Waals surface area contributed by atoms with Crippen LogP contribution in [0.3, 0.4) is 0 Å². The van der Waals surface area contributed by atoms with Crippen LogP contribution in [-0.2, 0) is 0 Å². The number of benzene rings is 1. The Kier molecular flexibility index (Phi) is 5.22. The fraction of sp³-hybridized carbons (Fsp3) is 0.385. The second kappa shape index (κ2) is 6.45. The molecule has 1 aromatic carbocycles. The summed E-state index contributed by atoms with van der Waals surface area (Å²) in [5, 5.41) is 12.6. The number of aliphatic imine (C=N–C) groups is 1. The summed E-state index contributed by atoms with van der Waals surface area (Å²) in [6.45, 7) is 6.06. The molecule has 0 aliphatic rings. The minimum atomic E-state index is 0.522. The molecule has 0 heterocycles. The van der Waals surface area contributed by atoms with E-state index in [2.05, 4.69) is 36.1 Å². The molecule has 1 aromatic rings.